The van der Waals surface area contributed by atoms with Crippen LogP contribution >= 0.6 is 11.3 Å². The molecule has 0 saturated carbocycles. The predicted molar refractivity (Wildman–Crippen MR) is 104 cm³/mol. The Bertz CT molecular complexity index is 1190. The van der Waals surface area contributed by atoms with E-state index in [4.69, 9.17) is 4.74 Å². The summed E-state index contributed by atoms with van der Waals surface area (Å²) in [5, 5.41) is 0.561. The minimum Gasteiger partial charge on any atom is -0.495 e. The van der Waals surface area contributed by atoms with Gasteiger partial charge in [-0.2, -0.15) is 0 Å². The van der Waals surface area contributed by atoms with Gasteiger partial charge in [0.05, 0.1) is 24.7 Å². The van der Waals surface area contributed by atoms with Crippen LogP contribution in [-0.2, 0) is 24.8 Å². The van der Waals surface area contributed by atoms with Crippen molar-refractivity contribution < 1.29 is 9.53 Å². The summed E-state index contributed by atoms with van der Waals surface area (Å²) in [7, 11) is 3.18. The number of benzene rings is 1. The summed E-state index contributed by atoms with van der Waals surface area (Å²) in [6.45, 7) is 2.60. The van der Waals surface area contributed by atoms with E-state index in [1.54, 1.807) is 43.1 Å². The van der Waals surface area contributed by atoms with Crippen molar-refractivity contribution in [3.63, 3.8) is 0 Å². The molecule has 0 radical (unpaired) electrons. The molecule has 0 spiro atoms. The molecule has 140 valence electrons. The number of carbonyl (C=O) groups excluding carboxylic acids is 1. The fraction of sp³-hybridized carbons (Fsp3) is 0.316. The van der Waals surface area contributed by atoms with Crippen LogP contribution in [0.2, 0.25) is 0 Å². The second-order valence-electron chi connectivity index (χ2n) is 6.53. The highest BCUT2D eigenvalue weighted by Crippen LogP contribution is 2.33. The van der Waals surface area contributed by atoms with Crippen molar-refractivity contribution in [3.8, 4) is 11.4 Å². The summed E-state index contributed by atoms with van der Waals surface area (Å²) in [5.41, 5.74) is 0.607. The molecule has 0 unspecified atom stereocenters. The Hall–Kier alpha value is -2.87. The summed E-state index contributed by atoms with van der Waals surface area (Å²) >= 11 is 1.41. The monoisotopic (exact) mass is 385 g/mol. The summed E-state index contributed by atoms with van der Waals surface area (Å²) in [4.78, 5) is 41.4. The van der Waals surface area contributed by atoms with Gasteiger partial charge in [-0.25, -0.2) is 9.36 Å². The first-order chi connectivity index (χ1) is 12.9. The molecule has 0 bridgehead atoms. The number of rotatable bonds is 2. The van der Waals surface area contributed by atoms with Crippen LogP contribution in [0.15, 0.2) is 33.9 Å². The van der Waals surface area contributed by atoms with Crippen LogP contribution in [0.3, 0.4) is 0 Å². The number of ether oxygens (including phenoxy) is 1. The first-order valence-electron chi connectivity index (χ1n) is 8.59. The maximum absolute atomic E-state index is 13.3. The van der Waals surface area contributed by atoms with E-state index in [1.165, 1.54) is 27.6 Å². The topological polar surface area (TPSA) is 73.5 Å². The van der Waals surface area contributed by atoms with E-state index in [0.717, 1.165) is 10.4 Å². The second kappa shape index (κ2) is 6.38. The van der Waals surface area contributed by atoms with Gasteiger partial charge in [0.2, 0.25) is 5.91 Å². The van der Waals surface area contributed by atoms with Crippen molar-refractivity contribution in [3.05, 3.63) is 55.5 Å². The van der Waals surface area contributed by atoms with E-state index in [2.05, 4.69) is 0 Å². The second-order valence-corrected chi connectivity index (χ2v) is 7.61. The average Bonchev–Trinajstić information content (AvgIpc) is 3.05. The van der Waals surface area contributed by atoms with Gasteiger partial charge < -0.3 is 9.64 Å². The normalized spacial score (nSPS) is 13.7. The minimum absolute atomic E-state index is 0.0124. The number of nitrogens with zero attached hydrogens (tertiary/aromatic N) is 3. The molecule has 8 heteroatoms. The number of amides is 1. The van der Waals surface area contributed by atoms with Crippen LogP contribution in [0.4, 0.5) is 0 Å². The van der Waals surface area contributed by atoms with E-state index < -0.39 is 5.69 Å². The molecule has 2 aromatic heterocycles. The van der Waals surface area contributed by atoms with Gasteiger partial charge in [-0.05, 0) is 24.1 Å². The number of aryl methyl sites for hydroxylation is 1. The highest BCUT2D eigenvalue weighted by atomic mass is 32.1. The molecule has 3 heterocycles. The first-order valence-corrected chi connectivity index (χ1v) is 9.41. The van der Waals surface area contributed by atoms with Gasteiger partial charge in [-0.1, -0.05) is 12.1 Å². The van der Waals surface area contributed by atoms with Gasteiger partial charge in [-0.3, -0.25) is 14.2 Å². The number of thiophene rings is 1. The van der Waals surface area contributed by atoms with Crippen molar-refractivity contribution >= 4 is 27.5 Å². The molecule has 0 N–H and O–H groups in total. The molecular weight excluding hydrogens is 366 g/mol. The van der Waals surface area contributed by atoms with Crippen LogP contribution < -0.4 is 16.0 Å². The minimum atomic E-state index is -0.418. The quantitative estimate of drug-likeness (QED) is 0.673. The van der Waals surface area contributed by atoms with Crippen molar-refractivity contribution in [1.29, 1.82) is 0 Å². The molecule has 1 aliphatic rings. The van der Waals surface area contributed by atoms with Crippen LogP contribution in [0, 0.1) is 0 Å². The van der Waals surface area contributed by atoms with Gasteiger partial charge in [0.25, 0.3) is 5.56 Å². The molecule has 1 aliphatic heterocycles. The molecule has 0 aliphatic carbocycles. The summed E-state index contributed by atoms with van der Waals surface area (Å²) in [5.74, 6) is 0.473. The summed E-state index contributed by atoms with van der Waals surface area (Å²) in [6, 6.07) is 6.98. The zero-order chi connectivity index (χ0) is 19.3. The number of fused-ring (bicyclic) bond motifs is 3. The highest BCUT2D eigenvalue weighted by molar-refractivity contribution is 7.18. The molecule has 0 atom stereocenters. The SMILES string of the molecule is COc1ccccc1-n1c(=O)c2c3c(sc2n(C)c1=O)CN(C(C)=O)CC3. The van der Waals surface area contributed by atoms with Gasteiger partial charge >= 0.3 is 5.69 Å². The van der Waals surface area contributed by atoms with Gasteiger partial charge in [-0.15, -0.1) is 11.3 Å². The average molecular weight is 385 g/mol. The van der Waals surface area contributed by atoms with Crippen molar-refractivity contribution in [2.24, 2.45) is 7.05 Å². The highest BCUT2D eigenvalue weighted by Gasteiger charge is 2.27. The fourth-order valence-corrected chi connectivity index (χ4v) is 4.89. The molecular formula is C19H19N3O4S. The molecule has 4 rings (SSSR count). The number of hydrogen-bond acceptors (Lipinski definition) is 5. The van der Waals surface area contributed by atoms with Crippen molar-refractivity contribution in [2.75, 3.05) is 13.7 Å². The lowest BCUT2D eigenvalue weighted by atomic mass is 10.1. The smallest absolute Gasteiger partial charge is 0.336 e. The Balaban J connectivity index is 2.03. The number of hydrogen-bond donors (Lipinski definition) is 0. The lowest BCUT2D eigenvalue weighted by molar-refractivity contribution is -0.129. The summed E-state index contributed by atoms with van der Waals surface area (Å²) < 4.78 is 8.02. The Labute approximate surface area is 159 Å². The molecule has 0 fully saturated rings. The van der Waals surface area contributed by atoms with E-state index >= 15 is 0 Å². The number of aromatic nitrogens is 2. The number of para-hydroxylation sites is 2. The van der Waals surface area contributed by atoms with E-state index in [9.17, 15) is 14.4 Å². The van der Waals surface area contributed by atoms with Crippen molar-refractivity contribution in [1.82, 2.24) is 14.0 Å². The van der Waals surface area contributed by atoms with Crippen LogP contribution in [-0.4, -0.2) is 33.6 Å². The molecule has 1 amide bonds. The zero-order valence-electron chi connectivity index (χ0n) is 15.3. The Morgan fingerprint density at radius 1 is 1.22 bits per heavy atom. The maximum Gasteiger partial charge on any atom is 0.336 e. The van der Waals surface area contributed by atoms with E-state index in [-0.39, 0.29) is 11.5 Å². The molecule has 7 nitrogen and oxygen atoms in total. The summed E-state index contributed by atoms with van der Waals surface area (Å²) in [6.07, 6.45) is 0.605. The lowest BCUT2D eigenvalue weighted by Gasteiger charge is -2.25. The van der Waals surface area contributed by atoms with E-state index in [1.807, 2.05) is 0 Å². The van der Waals surface area contributed by atoms with Crippen LogP contribution in [0.25, 0.3) is 15.9 Å². The standard InChI is InChI=1S/C19H19N3O4S/c1-11(23)21-9-8-12-15(10-21)27-18-16(12)17(24)22(19(25)20(18)2)13-6-4-5-7-14(13)26-3/h4-7H,8-10H2,1-3H3. The Kier molecular flexibility index (Phi) is 4.15. The first kappa shape index (κ1) is 17.5. The zero-order valence-corrected chi connectivity index (χ0v) is 16.1. The lowest BCUT2D eigenvalue weighted by Crippen LogP contribution is -2.38. The number of carbonyl (C=O) groups is 1. The van der Waals surface area contributed by atoms with Crippen molar-refractivity contribution in [2.45, 2.75) is 19.9 Å². The molecule has 3 aromatic rings. The Morgan fingerprint density at radius 3 is 2.67 bits per heavy atom. The maximum atomic E-state index is 13.3. The van der Waals surface area contributed by atoms with Crippen LogP contribution in [0.5, 0.6) is 5.75 Å². The van der Waals surface area contributed by atoms with E-state index in [0.29, 0.717) is 41.2 Å². The molecule has 1 aromatic carbocycles. The third-order valence-electron chi connectivity index (χ3n) is 5.01. The van der Waals surface area contributed by atoms with Gasteiger partial charge in [0.1, 0.15) is 10.6 Å². The predicted octanol–water partition coefficient (Wildman–Crippen LogP) is 1.66. The third-order valence-corrected chi connectivity index (χ3v) is 6.30. The third kappa shape index (κ3) is 2.59. The van der Waals surface area contributed by atoms with Gasteiger partial charge in [0.15, 0.2) is 0 Å². The molecule has 27 heavy (non-hydrogen) atoms. The fourth-order valence-electron chi connectivity index (χ4n) is 3.58. The van der Waals surface area contributed by atoms with Crippen LogP contribution in [0.1, 0.15) is 17.4 Å². The Morgan fingerprint density at radius 2 is 1.96 bits per heavy atom. The molecule has 0 saturated heterocycles. The largest absolute Gasteiger partial charge is 0.495 e. The van der Waals surface area contributed by atoms with Gasteiger partial charge in [0, 0.05) is 25.4 Å². The number of methoxy groups -OCH3 is 1.